The van der Waals surface area contributed by atoms with E-state index in [1.807, 2.05) is 0 Å². The monoisotopic (exact) mass is 348 g/mol. The van der Waals surface area contributed by atoms with E-state index in [0.29, 0.717) is 18.5 Å². The molecule has 1 aromatic carbocycles. The minimum Gasteiger partial charge on any atom is -0.465 e. The van der Waals surface area contributed by atoms with Crippen LogP contribution < -0.4 is 10.6 Å². The number of ether oxygens (including phenoxy) is 1. The number of aliphatic hydroxyl groups excluding tert-OH is 1. The molecule has 1 atom stereocenters. The number of rotatable bonds is 7. The van der Waals surface area contributed by atoms with Crippen molar-refractivity contribution in [3.63, 3.8) is 0 Å². The van der Waals surface area contributed by atoms with Gasteiger partial charge in [-0.2, -0.15) is 0 Å². The van der Waals surface area contributed by atoms with Crippen LogP contribution in [0.3, 0.4) is 0 Å². The zero-order valence-corrected chi connectivity index (χ0v) is 14.5. The number of carbonyl (C=O) groups is 3. The highest BCUT2D eigenvalue weighted by Gasteiger charge is 2.52. The molecular formula is C18H24N2O5. The zero-order chi connectivity index (χ0) is 18.4. The van der Waals surface area contributed by atoms with Gasteiger partial charge >= 0.3 is 5.97 Å². The number of amides is 2. The number of anilines is 1. The first-order valence-electron chi connectivity index (χ1n) is 8.42. The number of hydrogen-bond acceptors (Lipinski definition) is 5. The van der Waals surface area contributed by atoms with Crippen molar-refractivity contribution in [2.45, 2.75) is 45.8 Å². The highest BCUT2D eigenvalue weighted by atomic mass is 16.5. The summed E-state index contributed by atoms with van der Waals surface area (Å²) in [5.41, 5.74) is 0.139. The number of hydrogen-bond donors (Lipinski definition) is 3. The van der Waals surface area contributed by atoms with Crippen molar-refractivity contribution >= 4 is 23.5 Å². The average molecular weight is 348 g/mol. The molecule has 0 aliphatic heterocycles. The van der Waals surface area contributed by atoms with Crippen LogP contribution in [0.15, 0.2) is 24.3 Å². The lowest BCUT2D eigenvalue weighted by Gasteiger charge is -2.38. The Labute approximate surface area is 146 Å². The van der Waals surface area contributed by atoms with Gasteiger partial charge in [0.2, 0.25) is 11.8 Å². The zero-order valence-electron chi connectivity index (χ0n) is 14.5. The fourth-order valence-electron chi connectivity index (χ4n) is 2.67. The first-order chi connectivity index (χ1) is 11.9. The lowest BCUT2D eigenvalue weighted by molar-refractivity contribution is -0.167. The van der Waals surface area contributed by atoms with Crippen molar-refractivity contribution in [3.05, 3.63) is 29.8 Å². The van der Waals surface area contributed by atoms with Crippen molar-refractivity contribution in [1.29, 1.82) is 0 Å². The van der Waals surface area contributed by atoms with Crippen LogP contribution in [0.1, 0.15) is 38.7 Å². The van der Waals surface area contributed by atoms with Gasteiger partial charge in [0.25, 0.3) is 0 Å². The van der Waals surface area contributed by atoms with Crippen LogP contribution in [0.4, 0.5) is 5.69 Å². The van der Waals surface area contributed by atoms with Gasteiger partial charge < -0.3 is 20.5 Å². The number of benzene rings is 1. The molecule has 7 heteroatoms. The maximum Gasteiger partial charge on any atom is 0.321 e. The molecule has 0 saturated heterocycles. The molecule has 3 N–H and O–H groups in total. The molecule has 1 aromatic rings. The fourth-order valence-corrected chi connectivity index (χ4v) is 2.67. The van der Waals surface area contributed by atoms with Crippen LogP contribution in [0.25, 0.3) is 0 Å². The summed E-state index contributed by atoms with van der Waals surface area (Å²) >= 11 is 0. The third kappa shape index (κ3) is 4.17. The molecule has 0 bridgehead atoms. The van der Waals surface area contributed by atoms with Gasteiger partial charge in [-0.25, -0.2) is 0 Å². The SMILES string of the molecule is CCOC(=O)C1(C(=O)N[C@@H](C)C(=O)Nc2ccc(CO)cc2)CCC1. The third-order valence-electron chi connectivity index (χ3n) is 4.45. The van der Waals surface area contributed by atoms with Gasteiger partial charge in [0.1, 0.15) is 11.5 Å². The Kier molecular flexibility index (Phi) is 6.14. The quantitative estimate of drug-likeness (QED) is 0.510. The smallest absolute Gasteiger partial charge is 0.321 e. The van der Waals surface area contributed by atoms with Crippen molar-refractivity contribution in [3.8, 4) is 0 Å². The van der Waals surface area contributed by atoms with E-state index in [4.69, 9.17) is 9.84 Å². The van der Waals surface area contributed by atoms with Crippen molar-refractivity contribution in [2.24, 2.45) is 5.41 Å². The van der Waals surface area contributed by atoms with E-state index in [0.717, 1.165) is 12.0 Å². The van der Waals surface area contributed by atoms with Gasteiger partial charge in [-0.15, -0.1) is 0 Å². The first-order valence-corrected chi connectivity index (χ1v) is 8.42. The van der Waals surface area contributed by atoms with E-state index in [2.05, 4.69) is 10.6 Å². The number of carbonyl (C=O) groups excluding carboxylic acids is 3. The van der Waals surface area contributed by atoms with E-state index in [9.17, 15) is 14.4 Å². The van der Waals surface area contributed by atoms with Crippen LogP contribution in [0.5, 0.6) is 0 Å². The van der Waals surface area contributed by atoms with E-state index in [1.54, 1.807) is 38.1 Å². The van der Waals surface area contributed by atoms with Gasteiger partial charge in [0.05, 0.1) is 13.2 Å². The highest BCUT2D eigenvalue weighted by molar-refractivity contribution is 6.06. The Bertz CT molecular complexity index is 637. The van der Waals surface area contributed by atoms with Crippen LogP contribution in [0, 0.1) is 5.41 Å². The molecule has 2 amide bonds. The lowest BCUT2D eigenvalue weighted by Crippen LogP contribution is -2.55. The fraction of sp³-hybridized carbons (Fsp3) is 0.500. The highest BCUT2D eigenvalue weighted by Crippen LogP contribution is 2.42. The number of aliphatic hydroxyl groups is 1. The Hall–Kier alpha value is -2.41. The summed E-state index contributed by atoms with van der Waals surface area (Å²) in [5.74, 6) is -1.37. The standard InChI is InChI=1S/C18H24N2O5/c1-3-25-17(24)18(9-4-10-18)16(23)19-12(2)15(22)20-14-7-5-13(11-21)6-8-14/h5-8,12,21H,3-4,9-11H2,1-2H3,(H,19,23)(H,20,22)/t12-/m0/s1. The maximum absolute atomic E-state index is 12.5. The number of esters is 1. The second-order valence-corrected chi connectivity index (χ2v) is 6.20. The van der Waals surface area contributed by atoms with Crippen molar-refractivity contribution in [2.75, 3.05) is 11.9 Å². The second-order valence-electron chi connectivity index (χ2n) is 6.20. The topological polar surface area (TPSA) is 105 Å². The summed E-state index contributed by atoms with van der Waals surface area (Å²) in [7, 11) is 0. The second kappa shape index (κ2) is 8.11. The van der Waals surface area contributed by atoms with Gasteiger partial charge in [-0.05, 0) is 44.4 Å². The summed E-state index contributed by atoms with van der Waals surface area (Å²) in [5, 5.41) is 14.3. The molecule has 0 unspecified atom stereocenters. The predicted octanol–water partition coefficient (Wildman–Crippen LogP) is 1.36. The molecule has 25 heavy (non-hydrogen) atoms. The van der Waals surface area contributed by atoms with E-state index < -0.39 is 23.3 Å². The summed E-state index contributed by atoms with van der Waals surface area (Å²) < 4.78 is 5.01. The average Bonchev–Trinajstić information content (AvgIpc) is 2.54. The van der Waals surface area contributed by atoms with Crippen molar-refractivity contribution in [1.82, 2.24) is 5.32 Å². The molecule has 0 aromatic heterocycles. The molecule has 0 heterocycles. The van der Waals surface area contributed by atoms with Gasteiger partial charge in [-0.1, -0.05) is 18.6 Å². The largest absolute Gasteiger partial charge is 0.465 e. The van der Waals surface area contributed by atoms with Crippen molar-refractivity contribution < 1.29 is 24.2 Å². The lowest BCUT2D eigenvalue weighted by atomic mass is 9.68. The molecule has 1 aliphatic carbocycles. The Morgan fingerprint density at radius 1 is 1.24 bits per heavy atom. The molecular weight excluding hydrogens is 324 g/mol. The molecule has 0 spiro atoms. The summed E-state index contributed by atoms with van der Waals surface area (Å²) in [6.07, 6.45) is 1.66. The van der Waals surface area contributed by atoms with E-state index >= 15 is 0 Å². The maximum atomic E-state index is 12.5. The first kappa shape index (κ1) is 18.9. The Balaban J connectivity index is 1.95. The van der Waals surface area contributed by atoms with Gasteiger partial charge in [0, 0.05) is 5.69 Å². The normalized spacial score (nSPS) is 16.3. The minimum atomic E-state index is -1.16. The number of nitrogens with one attached hydrogen (secondary N) is 2. The minimum absolute atomic E-state index is 0.0728. The summed E-state index contributed by atoms with van der Waals surface area (Å²) in [4.78, 5) is 36.8. The van der Waals surface area contributed by atoms with Crippen LogP contribution in [-0.2, 0) is 25.7 Å². The predicted molar refractivity (Wildman–Crippen MR) is 91.5 cm³/mol. The summed E-state index contributed by atoms with van der Waals surface area (Å²) in [6.45, 7) is 3.40. The van der Waals surface area contributed by atoms with Gasteiger partial charge in [-0.3, -0.25) is 14.4 Å². The molecule has 136 valence electrons. The van der Waals surface area contributed by atoms with Crippen LogP contribution >= 0.6 is 0 Å². The third-order valence-corrected chi connectivity index (χ3v) is 4.45. The molecule has 7 nitrogen and oxygen atoms in total. The van der Waals surface area contributed by atoms with Crippen LogP contribution in [-0.4, -0.2) is 35.5 Å². The Morgan fingerprint density at radius 2 is 1.88 bits per heavy atom. The van der Waals surface area contributed by atoms with E-state index in [1.165, 1.54) is 0 Å². The van der Waals surface area contributed by atoms with Crippen LogP contribution in [0.2, 0.25) is 0 Å². The van der Waals surface area contributed by atoms with E-state index in [-0.39, 0.29) is 19.1 Å². The molecule has 2 rings (SSSR count). The van der Waals surface area contributed by atoms with Gasteiger partial charge in [0.15, 0.2) is 0 Å². The molecule has 0 radical (unpaired) electrons. The molecule has 1 fully saturated rings. The summed E-state index contributed by atoms with van der Waals surface area (Å²) in [6, 6.07) is 5.94. The molecule has 1 saturated carbocycles. The molecule has 1 aliphatic rings. The Morgan fingerprint density at radius 3 is 2.36 bits per heavy atom.